The van der Waals surface area contributed by atoms with Gasteiger partial charge in [0.1, 0.15) is 0 Å². The molecule has 0 radical (unpaired) electrons. The average molecular weight is 270 g/mol. The van der Waals surface area contributed by atoms with E-state index in [1.807, 2.05) is 0 Å². The van der Waals surface area contributed by atoms with Crippen molar-refractivity contribution < 1.29 is 14.7 Å². The molecule has 0 spiro atoms. The van der Waals surface area contributed by atoms with Crippen LogP contribution in [0.4, 0.5) is 0 Å². The Morgan fingerprint density at radius 1 is 0.950 bits per heavy atom. The molecule has 1 N–H and O–H groups in total. The monoisotopic (exact) mass is 270 g/mol. The summed E-state index contributed by atoms with van der Waals surface area (Å²) in [6.45, 7) is -0.197. The van der Waals surface area contributed by atoms with Gasteiger partial charge in [-0.2, -0.15) is 0 Å². The van der Waals surface area contributed by atoms with Crippen LogP contribution in [0.5, 0.6) is 0 Å². The second-order valence-corrected chi connectivity index (χ2v) is 4.23. The van der Waals surface area contributed by atoms with Gasteiger partial charge in [-0.15, -0.1) is 0 Å². The standard InChI is InChI=1S/C15H14N2O3/c18-10-11-4-1-2-5-12(11)13(19)6-7-14(20)15-16-8-3-9-17-15/h1-5,8-9,18H,6-7,10H2. The number of hydrogen-bond donors (Lipinski definition) is 1. The van der Waals surface area contributed by atoms with Crippen LogP contribution in [0.3, 0.4) is 0 Å². The molecule has 0 atom stereocenters. The Bertz CT molecular complexity index is 612. The number of carbonyl (C=O) groups is 2. The summed E-state index contributed by atoms with van der Waals surface area (Å²) in [6, 6.07) is 8.45. The zero-order chi connectivity index (χ0) is 14.4. The van der Waals surface area contributed by atoms with Crippen LogP contribution in [0.25, 0.3) is 0 Å². The molecule has 0 unspecified atom stereocenters. The summed E-state index contributed by atoms with van der Waals surface area (Å²) in [6.07, 6.45) is 3.11. The van der Waals surface area contributed by atoms with Crippen molar-refractivity contribution in [3.8, 4) is 0 Å². The Hall–Kier alpha value is -2.40. The van der Waals surface area contributed by atoms with Crippen LogP contribution in [-0.2, 0) is 6.61 Å². The molecular weight excluding hydrogens is 256 g/mol. The molecule has 102 valence electrons. The Morgan fingerprint density at radius 3 is 2.30 bits per heavy atom. The highest BCUT2D eigenvalue weighted by Gasteiger charge is 2.14. The van der Waals surface area contributed by atoms with E-state index >= 15 is 0 Å². The summed E-state index contributed by atoms with van der Waals surface area (Å²) in [5, 5.41) is 9.18. The van der Waals surface area contributed by atoms with E-state index in [2.05, 4.69) is 9.97 Å². The maximum absolute atomic E-state index is 12.1. The van der Waals surface area contributed by atoms with Gasteiger partial charge in [-0.25, -0.2) is 9.97 Å². The fraction of sp³-hybridized carbons (Fsp3) is 0.200. The summed E-state index contributed by atoms with van der Waals surface area (Å²) >= 11 is 0. The fourth-order valence-corrected chi connectivity index (χ4v) is 1.85. The van der Waals surface area contributed by atoms with Crippen LogP contribution in [0.15, 0.2) is 42.7 Å². The van der Waals surface area contributed by atoms with Gasteiger partial charge in [-0.1, -0.05) is 24.3 Å². The molecular formula is C15H14N2O3. The maximum Gasteiger partial charge on any atom is 0.200 e. The third-order valence-electron chi connectivity index (χ3n) is 2.88. The molecule has 1 aromatic heterocycles. The average Bonchev–Trinajstić information content (AvgIpc) is 2.53. The molecule has 0 saturated heterocycles. The van der Waals surface area contributed by atoms with Crippen molar-refractivity contribution in [3.05, 3.63) is 59.7 Å². The van der Waals surface area contributed by atoms with E-state index in [0.29, 0.717) is 11.1 Å². The molecule has 0 aliphatic rings. The topological polar surface area (TPSA) is 80.2 Å². The van der Waals surface area contributed by atoms with Gasteiger partial charge in [0.05, 0.1) is 6.61 Å². The summed E-state index contributed by atoms with van der Waals surface area (Å²) in [5.41, 5.74) is 1.03. The van der Waals surface area contributed by atoms with Gasteiger partial charge in [0.25, 0.3) is 0 Å². The van der Waals surface area contributed by atoms with Crippen LogP contribution < -0.4 is 0 Å². The number of carbonyl (C=O) groups excluding carboxylic acids is 2. The van der Waals surface area contributed by atoms with E-state index in [1.165, 1.54) is 12.4 Å². The zero-order valence-electron chi connectivity index (χ0n) is 10.8. The molecule has 0 fully saturated rings. The van der Waals surface area contributed by atoms with E-state index in [-0.39, 0.29) is 36.8 Å². The number of aromatic nitrogens is 2. The van der Waals surface area contributed by atoms with Gasteiger partial charge >= 0.3 is 0 Å². The Balaban J connectivity index is 2.01. The van der Waals surface area contributed by atoms with Gasteiger partial charge in [0.15, 0.2) is 17.4 Å². The molecule has 5 nitrogen and oxygen atoms in total. The molecule has 1 heterocycles. The number of ketones is 2. The predicted molar refractivity (Wildman–Crippen MR) is 72.3 cm³/mol. The molecule has 2 aromatic rings. The maximum atomic E-state index is 12.1. The minimum absolute atomic E-state index is 0.0581. The smallest absolute Gasteiger partial charge is 0.200 e. The van der Waals surface area contributed by atoms with Gasteiger partial charge < -0.3 is 5.11 Å². The van der Waals surface area contributed by atoms with Crippen molar-refractivity contribution in [2.75, 3.05) is 0 Å². The molecule has 20 heavy (non-hydrogen) atoms. The summed E-state index contributed by atoms with van der Waals surface area (Å²) in [5.74, 6) is -0.310. The highest BCUT2D eigenvalue weighted by Crippen LogP contribution is 2.13. The molecule has 2 rings (SSSR count). The molecule has 0 aliphatic heterocycles. The number of rotatable bonds is 6. The fourth-order valence-electron chi connectivity index (χ4n) is 1.85. The molecule has 0 aliphatic carbocycles. The minimum atomic E-state index is -0.263. The molecule has 0 bridgehead atoms. The van der Waals surface area contributed by atoms with Crippen LogP contribution in [-0.4, -0.2) is 26.6 Å². The summed E-state index contributed by atoms with van der Waals surface area (Å²) in [4.78, 5) is 31.6. The number of aliphatic hydroxyl groups is 1. The van der Waals surface area contributed by atoms with Crippen molar-refractivity contribution in [1.29, 1.82) is 0 Å². The van der Waals surface area contributed by atoms with Gasteiger partial charge in [0.2, 0.25) is 0 Å². The lowest BCUT2D eigenvalue weighted by atomic mass is 10.00. The minimum Gasteiger partial charge on any atom is -0.392 e. The van der Waals surface area contributed by atoms with Crippen molar-refractivity contribution in [2.24, 2.45) is 0 Å². The van der Waals surface area contributed by atoms with E-state index < -0.39 is 0 Å². The normalized spacial score (nSPS) is 10.2. The van der Waals surface area contributed by atoms with Crippen molar-refractivity contribution >= 4 is 11.6 Å². The highest BCUT2D eigenvalue weighted by molar-refractivity contribution is 6.01. The number of nitrogens with zero attached hydrogens (tertiary/aromatic N) is 2. The summed E-state index contributed by atoms with van der Waals surface area (Å²) < 4.78 is 0. The quantitative estimate of drug-likeness (QED) is 0.810. The lowest BCUT2D eigenvalue weighted by molar-refractivity contribution is 0.0910. The van der Waals surface area contributed by atoms with E-state index in [9.17, 15) is 14.7 Å². The van der Waals surface area contributed by atoms with Crippen LogP contribution in [0, 0.1) is 0 Å². The van der Waals surface area contributed by atoms with Crippen molar-refractivity contribution in [3.63, 3.8) is 0 Å². The SMILES string of the molecule is O=C(CCC(=O)c1ccccc1CO)c1ncccn1. The van der Waals surface area contributed by atoms with Crippen LogP contribution >= 0.6 is 0 Å². The van der Waals surface area contributed by atoms with Crippen molar-refractivity contribution in [2.45, 2.75) is 19.4 Å². The first-order valence-electron chi connectivity index (χ1n) is 6.24. The first-order valence-corrected chi connectivity index (χ1v) is 6.24. The number of aliphatic hydroxyl groups excluding tert-OH is 1. The van der Waals surface area contributed by atoms with Crippen molar-refractivity contribution in [1.82, 2.24) is 9.97 Å². The molecule has 1 aromatic carbocycles. The molecule has 5 heteroatoms. The Morgan fingerprint density at radius 2 is 1.60 bits per heavy atom. The second kappa shape index (κ2) is 6.68. The van der Waals surface area contributed by atoms with Crippen LogP contribution in [0.2, 0.25) is 0 Å². The first kappa shape index (κ1) is 14.0. The zero-order valence-corrected chi connectivity index (χ0v) is 10.8. The number of hydrogen-bond acceptors (Lipinski definition) is 5. The van der Waals surface area contributed by atoms with E-state index in [0.717, 1.165) is 0 Å². The summed E-state index contributed by atoms with van der Waals surface area (Å²) in [7, 11) is 0. The van der Waals surface area contributed by atoms with Gasteiger partial charge in [-0.3, -0.25) is 9.59 Å². The number of benzene rings is 1. The largest absolute Gasteiger partial charge is 0.392 e. The third-order valence-corrected chi connectivity index (χ3v) is 2.88. The first-order chi connectivity index (χ1) is 9.72. The molecule has 0 amide bonds. The third kappa shape index (κ3) is 3.33. The second-order valence-electron chi connectivity index (χ2n) is 4.23. The van der Waals surface area contributed by atoms with Gasteiger partial charge in [0, 0.05) is 30.8 Å². The predicted octanol–water partition coefficient (Wildman–Crippen LogP) is 1.81. The highest BCUT2D eigenvalue weighted by atomic mass is 16.3. The van der Waals surface area contributed by atoms with Crippen LogP contribution in [0.1, 0.15) is 39.4 Å². The lowest BCUT2D eigenvalue weighted by Gasteiger charge is -2.05. The van der Waals surface area contributed by atoms with E-state index in [1.54, 1.807) is 30.3 Å². The Kier molecular flexibility index (Phi) is 4.68. The lowest BCUT2D eigenvalue weighted by Crippen LogP contribution is -2.09. The van der Waals surface area contributed by atoms with Gasteiger partial charge in [-0.05, 0) is 11.6 Å². The number of Topliss-reactive ketones (excluding diaryl/α,β-unsaturated/α-hetero) is 2. The van der Waals surface area contributed by atoms with E-state index in [4.69, 9.17) is 0 Å². The Labute approximate surface area is 116 Å². The molecule has 0 saturated carbocycles.